The molecule has 0 bridgehead atoms. The summed E-state index contributed by atoms with van der Waals surface area (Å²) < 4.78 is 10.2. The van der Waals surface area contributed by atoms with E-state index < -0.39 is 0 Å². The Morgan fingerprint density at radius 3 is 2.62 bits per heavy atom. The molecule has 0 atom stereocenters. The third-order valence-electron chi connectivity index (χ3n) is 5.24. The van der Waals surface area contributed by atoms with E-state index >= 15 is 0 Å². The van der Waals surface area contributed by atoms with Crippen LogP contribution in [-0.4, -0.2) is 84.2 Å². The molecule has 26 heavy (non-hydrogen) atoms. The van der Waals surface area contributed by atoms with E-state index in [0.717, 1.165) is 82.1 Å². The van der Waals surface area contributed by atoms with Crippen molar-refractivity contribution in [3.05, 3.63) is 5.82 Å². The van der Waals surface area contributed by atoms with E-state index in [0.29, 0.717) is 0 Å². The summed E-state index contributed by atoms with van der Waals surface area (Å²) in [5.41, 5.74) is 0. The first kappa shape index (κ1) is 19.7. The summed E-state index contributed by atoms with van der Waals surface area (Å²) in [7, 11) is 1.88. The predicted octanol–water partition coefficient (Wildman–Crippen LogP) is 1.71. The predicted molar refractivity (Wildman–Crippen MR) is 111 cm³/mol. The molecule has 2 aliphatic rings. The number of aryl methyl sites for hydroxylation is 1. The molecule has 1 N–H and O–H groups in total. The van der Waals surface area contributed by atoms with E-state index in [4.69, 9.17) is 4.74 Å². The highest BCUT2D eigenvalue weighted by Crippen LogP contribution is 2.33. The Kier molecular flexibility index (Phi) is 6.99. The summed E-state index contributed by atoms with van der Waals surface area (Å²) in [6.45, 7) is 8.59. The molecular weight excluding hydrogens is 368 g/mol. The minimum Gasteiger partial charge on any atom is -0.381 e. The Morgan fingerprint density at radius 2 is 2.04 bits per heavy atom. The summed E-state index contributed by atoms with van der Waals surface area (Å²) in [5, 5.41) is 4.67. The number of thioether (sulfide) groups is 1. The van der Waals surface area contributed by atoms with Crippen LogP contribution in [0.15, 0.2) is 4.99 Å². The van der Waals surface area contributed by atoms with Crippen molar-refractivity contribution in [1.29, 1.82) is 0 Å². The molecule has 0 amide bonds. The highest BCUT2D eigenvalue weighted by molar-refractivity contribution is 8.00. The zero-order valence-electron chi connectivity index (χ0n) is 16.0. The molecule has 7 nitrogen and oxygen atoms in total. The standard InChI is InChI=1S/C17H30N6OS2/c1-4-14-20-16(26-21-14)23-9-7-22(8-10-23)15(18-2)19-13-17(25-3)5-11-24-12-6-17/h4-13H2,1-3H3,(H,18,19). The average molecular weight is 399 g/mol. The van der Waals surface area contributed by atoms with Crippen molar-refractivity contribution in [3.63, 3.8) is 0 Å². The number of hydrogen-bond donors (Lipinski definition) is 1. The third-order valence-corrected chi connectivity index (χ3v) is 7.47. The van der Waals surface area contributed by atoms with Gasteiger partial charge in [0.1, 0.15) is 5.82 Å². The Hall–Kier alpha value is -1.06. The number of aromatic nitrogens is 2. The lowest BCUT2D eigenvalue weighted by Gasteiger charge is -2.39. The molecule has 2 saturated heterocycles. The highest BCUT2D eigenvalue weighted by atomic mass is 32.2. The molecule has 2 aliphatic heterocycles. The van der Waals surface area contributed by atoms with Crippen LogP contribution in [-0.2, 0) is 11.2 Å². The second kappa shape index (κ2) is 9.23. The van der Waals surface area contributed by atoms with Crippen molar-refractivity contribution in [2.75, 3.05) is 64.1 Å². The molecule has 0 aromatic carbocycles. The van der Waals surface area contributed by atoms with Crippen molar-refractivity contribution in [3.8, 4) is 0 Å². The quantitative estimate of drug-likeness (QED) is 0.598. The Balaban J connectivity index is 1.52. The number of aliphatic imine (C=N–C) groups is 1. The number of piperazine rings is 1. The van der Waals surface area contributed by atoms with Crippen LogP contribution in [0.3, 0.4) is 0 Å². The second-order valence-corrected chi connectivity index (χ2v) is 8.73. The van der Waals surface area contributed by atoms with Gasteiger partial charge in [-0.2, -0.15) is 16.1 Å². The third kappa shape index (κ3) is 4.61. The van der Waals surface area contributed by atoms with Gasteiger partial charge in [0.2, 0.25) is 5.13 Å². The van der Waals surface area contributed by atoms with E-state index in [1.54, 1.807) is 0 Å². The van der Waals surface area contributed by atoms with Crippen LogP contribution < -0.4 is 10.2 Å². The van der Waals surface area contributed by atoms with Gasteiger partial charge in [-0.25, -0.2) is 4.98 Å². The van der Waals surface area contributed by atoms with E-state index in [1.165, 1.54) is 11.5 Å². The molecular formula is C17H30N6OS2. The molecule has 0 aliphatic carbocycles. The molecule has 3 rings (SSSR count). The molecule has 0 unspecified atom stereocenters. The number of nitrogens with zero attached hydrogens (tertiary/aromatic N) is 5. The Labute approximate surface area is 164 Å². The molecule has 1 aromatic heterocycles. The number of nitrogens with one attached hydrogen (secondary N) is 1. The van der Waals surface area contributed by atoms with Crippen LogP contribution in [0, 0.1) is 0 Å². The lowest BCUT2D eigenvalue weighted by molar-refractivity contribution is 0.0781. The Bertz CT molecular complexity index is 594. The monoisotopic (exact) mass is 398 g/mol. The summed E-state index contributed by atoms with van der Waals surface area (Å²) in [6.07, 6.45) is 5.31. The summed E-state index contributed by atoms with van der Waals surface area (Å²) in [6, 6.07) is 0. The number of anilines is 1. The van der Waals surface area contributed by atoms with Gasteiger partial charge in [-0.15, -0.1) is 0 Å². The SMILES string of the molecule is CCc1nsc(N2CCN(C(=NC)NCC3(SC)CCOCC3)CC2)n1. The number of rotatable bonds is 5. The van der Waals surface area contributed by atoms with Crippen molar-refractivity contribution in [2.24, 2.45) is 4.99 Å². The maximum absolute atomic E-state index is 5.54. The first-order chi connectivity index (χ1) is 12.7. The zero-order chi connectivity index (χ0) is 18.4. The maximum Gasteiger partial charge on any atom is 0.205 e. The minimum atomic E-state index is 0.263. The van der Waals surface area contributed by atoms with Crippen LogP contribution in [0.2, 0.25) is 0 Å². The van der Waals surface area contributed by atoms with Gasteiger partial charge in [0.05, 0.1) is 0 Å². The van der Waals surface area contributed by atoms with Gasteiger partial charge in [-0.3, -0.25) is 4.99 Å². The van der Waals surface area contributed by atoms with Crippen molar-refractivity contribution < 1.29 is 4.74 Å². The van der Waals surface area contributed by atoms with Crippen LogP contribution in [0.1, 0.15) is 25.6 Å². The fourth-order valence-electron chi connectivity index (χ4n) is 3.40. The molecule has 146 valence electrons. The van der Waals surface area contributed by atoms with Gasteiger partial charge < -0.3 is 19.9 Å². The summed E-state index contributed by atoms with van der Waals surface area (Å²) in [4.78, 5) is 13.8. The minimum absolute atomic E-state index is 0.263. The fraction of sp³-hybridized carbons (Fsp3) is 0.824. The molecule has 0 radical (unpaired) electrons. The van der Waals surface area contributed by atoms with Gasteiger partial charge in [-0.05, 0) is 19.1 Å². The van der Waals surface area contributed by atoms with Crippen molar-refractivity contribution in [2.45, 2.75) is 30.9 Å². The van der Waals surface area contributed by atoms with Gasteiger partial charge >= 0.3 is 0 Å². The first-order valence-electron chi connectivity index (χ1n) is 9.36. The van der Waals surface area contributed by atoms with Gasteiger partial charge in [-0.1, -0.05) is 6.92 Å². The molecule has 0 saturated carbocycles. The molecule has 3 heterocycles. The van der Waals surface area contributed by atoms with Gasteiger partial charge in [0.15, 0.2) is 5.96 Å². The molecule has 1 aromatic rings. The zero-order valence-corrected chi connectivity index (χ0v) is 17.7. The van der Waals surface area contributed by atoms with E-state index in [2.05, 4.69) is 42.6 Å². The van der Waals surface area contributed by atoms with Crippen molar-refractivity contribution in [1.82, 2.24) is 19.6 Å². The van der Waals surface area contributed by atoms with E-state index in [9.17, 15) is 0 Å². The smallest absolute Gasteiger partial charge is 0.205 e. The number of guanidine groups is 1. The van der Waals surface area contributed by atoms with Gasteiger partial charge in [0.25, 0.3) is 0 Å². The largest absolute Gasteiger partial charge is 0.381 e. The van der Waals surface area contributed by atoms with Crippen LogP contribution in [0.4, 0.5) is 5.13 Å². The van der Waals surface area contributed by atoms with Crippen molar-refractivity contribution >= 4 is 34.4 Å². The average Bonchev–Trinajstić information content (AvgIpc) is 3.19. The number of ether oxygens (including phenoxy) is 1. The lowest BCUT2D eigenvalue weighted by atomic mass is 9.99. The van der Waals surface area contributed by atoms with E-state index in [-0.39, 0.29) is 4.75 Å². The van der Waals surface area contributed by atoms with Gasteiger partial charge in [0, 0.05) is 75.7 Å². The summed E-state index contributed by atoms with van der Waals surface area (Å²) in [5.74, 6) is 1.96. The normalized spacial score (nSPS) is 21.1. The number of hydrogen-bond acceptors (Lipinski definition) is 7. The highest BCUT2D eigenvalue weighted by Gasteiger charge is 2.32. The topological polar surface area (TPSA) is 65.9 Å². The van der Waals surface area contributed by atoms with Crippen LogP contribution >= 0.6 is 23.3 Å². The van der Waals surface area contributed by atoms with Crippen LogP contribution in [0.25, 0.3) is 0 Å². The maximum atomic E-state index is 5.54. The summed E-state index contributed by atoms with van der Waals surface area (Å²) >= 11 is 3.47. The lowest BCUT2D eigenvalue weighted by Crippen LogP contribution is -2.55. The fourth-order valence-corrected chi connectivity index (χ4v) is 4.99. The first-order valence-corrected chi connectivity index (χ1v) is 11.4. The Morgan fingerprint density at radius 1 is 1.31 bits per heavy atom. The second-order valence-electron chi connectivity index (χ2n) is 6.72. The molecule has 2 fully saturated rings. The molecule has 9 heteroatoms. The van der Waals surface area contributed by atoms with Crippen LogP contribution in [0.5, 0.6) is 0 Å². The van der Waals surface area contributed by atoms with E-state index in [1.807, 2.05) is 18.8 Å². The molecule has 0 spiro atoms.